The van der Waals surface area contributed by atoms with Crippen LogP contribution >= 0.6 is 0 Å². The summed E-state index contributed by atoms with van der Waals surface area (Å²) in [5.74, 6) is 2.38. The van der Waals surface area contributed by atoms with Crippen LogP contribution in [-0.4, -0.2) is 48.1 Å². The van der Waals surface area contributed by atoms with E-state index in [9.17, 15) is 0 Å². The molecule has 0 saturated heterocycles. The molecular formula is C34H36N4O4. The van der Waals surface area contributed by atoms with Gasteiger partial charge in [-0.3, -0.25) is 0 Å². The second-order valence-electron chi connectivity index (χ2n) is 9.70. The highest BCUT2D eigenvalue weighted by Gasteiger charge is 2.12. The number of ether oxygens (including phenoxy) is 4. The van der Waals surface area contributed by atoms with Crippen molar-refractivity contribution < 1.29 is 18.9 Å². The molecule has 0 aliphatic carbocycles. The van der Waals surface area contributed by atoms with Crippen LogP contribution in [0, 0.1) is 0 Å². The van der Waals surface area contributed by atoms with Gasteiger partial charge in [0.15, 0.2) is 0 Å². The average Bonchev–Trinajstić information content (AvgIpc) is 3.59. The average molecular weight is 565 g/mol. The lowest BCUT2D eigenvalue weighted by Gasteiger charge is -2.25. The van der Waals surface area contributed by atoms with Gasteiger partial charge in [0.25, 0.3) is 0 Å². The highest BCUT2D eigenvalue weighted by molar-refractivity contribution is 5.45. The van der Waals surface area contributed by atoms with Crippen molar-refractivity contribution in [1.82, 2.24) is 14.5 Å². The quantitative estimate of drug-likeness (QED) is 0.134. The molecule has 42 heavy (non-hydrogen) atoms. The topological polar surface area (TPSA) is 70.9 Å². The van der Waals surface area contributed by atoms with Gasteiger partial charge in [-0.2, -0.15) is 0 Å². The summed E-state index contributed by atoms with van der Waals surface area (Å²) in [5.41, 5.74) is 4.51. The molecule has 0 spiro atoms. The summed E-state index contributed by atoms with van der Waals surface area (Å²) in [4.78, 5) is 11.2. The molecule has 2 heterocycles. The fourth-order valence-electron chi connectivity index (χ4n) is 4.50. The summed E-state index contributed by atoms with van der Waals surface area (Å²) in [6.45, 7) is 3.91. The smallest absolute Gasteiger partial charge is 0.137 e. The van der Waals surface area contributed by atoms with E-state index in [0.29, 0.717) is 51.9 Å². The summed E-state index contributed by atoms with van der Waals surface area (Å²) in [6, 6.07) is 30.6. The number of aromatic nitrogens is 3. The van der Waals surface area contributed by atoms with E-state index in [4.69, 9.17) is 23.9 Å². The first-order valence-electron chi connectivity index (χ1n) is 14.0. The molecule has 0 amide bonds. The first-order valence-corrected chi connectivity index (χ1v) is 14.0. The van der Waals surface area contributed by atoms with Crippen LogP contribution in [-0.2, 0) is 29.2 Å². The van der Waals surface area contributed by atoms with E-state index in [-0.39, 0.29) is 0 Å². The second kappa shape index (κ2) is 15.4. The van der Waals surface area contributed by atoms with Crippen LogP contribution in [0.2, 0.25) is 0 Å². The number of imidazole rings is 1. The fraction of sp³-hybridized carbons (Fsp3) is 0.235. The molecule has 3 aromatic carbocycles. The third kappa shape index (κ3) is 8.67. The number of hydrogen-bond donors (Lipinski definition) is 0. The minimum atomic E-state index is 0.439. The molecule has 0 N–H and O–H groups in total. The molecule has 0 saturated carbocycles. The number of rotatable bonds is 16. The van der Waals surface area contributed by atoms with Crippen molar-refractivity contribution in [2.45, 2.75) is 19.7 Å². The SMILES string of the molecule is COc1cccc(CN(Cc2cccc(-n3ccnc3)c2)c2ccc(OCCOCCOCc3ccccc3)cn2)c1. The summed E-state index contributed by atoms with van der Waals surface area (Å²) in [6.07, 6.45) is 7.29. The van der Waals surface area contributed by atoms with Gasteiger partial charge in [-0.25, -0.2) is 9.97 Å². The van der Waals surface area contributed by atoms with E-state index in [1.807, 2.05) is 65.4 Å². The van der Waals surface area contributed by atoms with Crippen LogP contribution in [0.5, 0.6) is 11.5 Å². The third-order valence-corrected chi connectivity index (χ3v) is 6.62. The highest BCUT2D eigenvalue weighted by atomic mass is 16.5. The Morgan fingerprint density at radius 1 is 0.714 bits per heavy atom. The normalized spacial score (nSPS) is 10.9. The molecule has 5 aromatic rings. The molecule has 0 unspecified atom stereocenters. The van der Waals surface area contributed by atoms with Gasteiger partial charge in [0, 0.05) is 31.2 Å². The zero-order valence-electron chi connectivity index (χ0n) is 23.8. The third-order valence-electron chi connectivity index (χ3n) is 6.62. The maximum Gasteiger partial charge on any atom is 0.137 e. The Bertz CT molecular complexity index is 1480. The number of pyridine rings is 1. The standard InChI is InChI=1S/C34H36N4O4/c1-39-32-12-6-10-30(22-32)25-38(24-29-9-5-11-31(21-29)37-16-15-35-27-37)34-14-13-33(23-36-34)42-20-19-40-17-18-41-26-28-7-3-2-4-8-28/h2-16,21-23,27H,17-20,24-26H2,1H3. The van der Waals surface area contributed by atoms with Crippen LogP contribution in [0.1, 0.15) is 16.7 Å². The van der Waals surface area contributed by atoms with Gasteiger partial charge in [-0.05, 0) is 53.1 Å². The van der Waals surface area contributed by atoms with Crippen LogP contribution in [0.15, 0.2) is 116 Å². The predicted octanol–water partition coefficient (Wildman–Crippen LogP) is 6.09. The lowest BCUT2D eigenvalue weighted by molar-refractivity contribution is 0.0303. The Hall–Kier alpha value is -4.66. The first-order chi connectivity index (χ1) is 20.8. The summed E-state index contributed by atoms with van der Waals surface area (Å²) < 4.78 is 24.6. The molecule has 216 valence electrons. The molecule has 0 aliphatic heterocycles. The Labute approximate surface area is 247 Å². The van der Waals surface area contributed by atoms with E-state index < -0.39 is 0 Å². The summed E-state index contributed by atoms with van der Waals surface area (Å²) in [5, 5.41) is 0. The van der Waals surface area contributed by atoms with Gasteiger partial charge in [0.2, 0.25) is 0 Å². The van der Waals surface area contributed by atoms with Gasteiger partial charge < -0.3 is 28.4 Å². The van der Waals surface area contributed by atoms with Crippen molar-refractivity contribution in [2.24, 2.45) is 0 Å². The number of anilines is 1. The highest BCUT2D eigenvalue weighted by Crippen LogP contribution is 2.23. The van der Waals surface area contributed by atoms with E-state index >= 15 is 0 Å². The Kier molecular flexibility index (Phi) is 10.6. The van der Waals surface area contributed by atoms with Gasteiger partial charge in [0.05, 0.1) is 46.1 Å². The van der Waals surface area contributed by atoms with Crippen molar-refractivity contribution in [2.75, 3.05) is 38.4 Å². The molecule has 0 atom stereocenters. The van der Waals surface area contributed by atoms with Crippen molar-refractivity contribution in [3.05, 3.63) is 133 Å². The molecular weight excluding hydrogens is 528 g/mol. The van der Waals surface area contributed by atoms with Crippen LogP contribution < -0.4 is 14.4 Å². The summed E-state index contributed by atoms with van der Waals surface area (Å²) >= 11 is 0. The molecule has 0 radical (unpaired) electrons. The zero-order valence-corrected chi connectivity index (χ0v) is 23.8. The van der Waals surface area contributed by atoms with Gasteiger partial charge >= 0.3 is 0 Å². The second-order valence-corrected chi connectivity index (χ2v) is 9.70. The monoisotopic (exact) mass is 564 g/mol. The largest absolute Gasteiger partial charge is 0.497 e. The molecule has 8 heteroatoms. The van der Waals surface area contributed by atoms with Crippen LogP contribution in [0.25, 0.3) is 5.69 Å². The number of benzene rings is 3. The minimum absolute atomic E-state index is 0.439. The molecule has 0 bridgehead atoms. The van der Waals surface area contributed by atoms with Crippen molar-refractivity contribution in [3.8, 4) is 17.2 Å². The number of methoxy groups -OCH3 is 1. The molecule has 8 nitrogen and oxygen atoms in total. The van der Waals surface area contributed by atoms with Crippen LogP contribution in [0.4, 0.5) is 5.82 Å². The van der Waals surface area contributed by atoms with E-state index in [1.165, 1.54) is 0 Å². The molecule has 2 aromatic heterocycles. The van der Waals surface area contributed by atoms with E-state index in [1.54, 1.807) is 25.8 Å². The van der Waals surface area contributed by atoms with E-state index in [0.717, 1.165) is 33.9 Å². The van der Waals surface area contributed by atoms with Crippen LogP contribution in [0.3, 0.4) is 0 Å². The molecule has 0 aliphatic rings. The molecule has 0 fully saturated rings. The lowest BCUT2D eigenvalue weighted by Crippen LogP contribution is -2.23. The van der Waals surface area contributed by atoms with Gasteiger partial charge in [0.1, 0.15) is 23.9 Å². The van der Waals surface area contributed by atoms with Crippen molar-refractivity contribution in [1.29, 1.82) is 0 Å². The maximum atomic E-state index is 5.87. The van der Waals surface area contributed by atoms with Gasteiger partial charge in [-0.15, -0.1) is 0 Å². The zero-order chi connectivity index (χ0) is 28.8. The van der Waals surface area contributed by atoms with Crippen molar-refractivity contribution in [3.63, 3.8) is 0 Å². The van der Waals surface area contributed by atoms with Gasteiger partial charge in [-0.1, -0.05) is 54.6 Å². The maximum absolute atomic E-state index is 5.87. The Morgan fingerprint density at radius 3 is 2.24 bits per heavy atom. The van der Waals surface area contributed by atoms with E-state index in [2.05, 4.69) is 46.3 Å². The first kappa shape index (κ1) is 28.9. The number of hydrogen-bond acceptors (Lipinski definition) is 7. The Morgan fingerprint density at radius 2 is 1.48 bits per heavy atom. The van der Waals surface area contributed by atoms with Crippen molar-refractivity contribution >= 4 is 5.82 Å². The predicted molar refractivity (Wildman–Crippen MR) is 163 cm³/mol. The minimum Gasteiger partial charge on any atom is -0.497 e. The Balaban J connectivity index is 1.16. The number of nitrogens with zero attached hydrogens (tertiary/aromatic N) is 4. The molecule has 5 rings (SSSR count). The lowest BCUT2D eigenvalue weighted by atomic mass is 10.1. The summed E-state index contributed by atoms with van der Waals surface area (Å²) in [7, 11) is 1.68. The fourth-order valence-corrected chi connectivity index (χ4v) is 4.50.